The van der Waals surface area contributed by atoms with Crippen LogP contribution in [0.3, 0.4) is 0 Å². The molecule has 0 spiro atoms. The van der Waals surface area contributed by atoms with Crippen molar-refractivity contribution in [3.8, 4) is 0 Å². The molecule has 0 atom stereocenters. The van der Waals surface area contributed by atoms with Gasteiger partial charge in [-0.3, -0.25) is 4.79 Å². The number of esters is 1. The van der Waals surface area contributed by atoms with Crippen LogP contribution in [0.1, 0.15) is 33.3 Å². The van der Waals surface area contributed by atoms with Crippen LogP contribution in [0.5, 0.6) is 0 Å². The summed E-state index contributed by atoms with van der Waals surface area (Å²) < 4.78 is 5.13. The summed E-state index contributed by atoms with van der Waals surface area (Å²) in [6, 6.07) is 9.48. The Kier molecular flexibility index (Phi) is 5.68. The molecular weight excluding hydrogens is 252 g/mol. The molecule has 3 heteroatoms. The summed E-state index contributed by atoms with van der Waals surface area (Å²) in [5.41, 5.74) is 0.284. The summed E-state index contributed by atoms with van der Waals surface area (Å²) in [7, 11) is 0. The maximum Gasteiger partial charge on any atom is 0.330 e. The van der Waals surface area contributed by atoms with E-state index in [1.165, 1.54) is 6.08 Å². The SMILES string of the molecule is CC(C)C(=O)C(C)(C)/C=C/C(=O)OCc1ccccc1. The Morgan fingerprint density at radius 3 is 2.35 bits per heavy atom. The number of carbonyl (C=O) groups excluding carboxylic acids is 2. The molecule has 0 bridgehead atoms. The van der Waals surface area contributed by atoms with Crippen LogP contribution in [-0.4, -0.2) is 11.8 Å². The lowest BCUT2D eigenvalue weighted by atomic mass is 9.82. The van der Waals surface area contributed by atoms with Crippen LogP contribution in [0.25, 0.3) is 0 Å². The van der Waals surface area contributed by atoms with Gasteiger partial charge in [-0.05, 0) is 19.4 Å². The summed E-state index contributed by atoms with van der Waals surface area (Å²) in [5, 5.41) is 0. The van der Waals surface area contributed by atoms with E-state index < -0.39 is 11.4 Å². The third-order valence-electron chi connectivity index (χ3n) is 3.02. The van der Waals surface area contributed by atoms with Crippen LogP contribution in [-0.2, 0) is 20.9 Å². The van der Waals surface area contributed by atoms with E-state index >= 15 is 0 Å². The third kappa shape index (κ3) is 5.00. The van der Waals surface area contributed by atoms with Gasteiger partial charge >= 0.3 is 5.97 Å². The average Bonchev–Trinajstić information content (AvgIpc) is 2.43. The van der Waals surface area contributed by atoms with Gasteiger partial charge in [-0.2, -0.15) is 0 Å². The van der Waals surface area contributed by atoms with Crippen molar-refractivity contribution in [2.75, 3.05) is 0 Å². The van der Waals surface area contributed by atoms with Gasteiger partial charge in [0.05, 0.1) is 0 Å². The Hall–Kier alpha value is -1.90. The van der Waals surface area contributed by atoms with Crippen molar-refractivity contribution in [1.29, 1.82) is 0 Å². The third-order valence-corrected chi connectivity index (χ3v) is 3.02. The predicted octanol–water partition coefficient (Wildman–Crippen LogP) is 3.54. The van der Waals surface area contributed by atoms with Gasteiger partial charge in [0, 0.05) is 17.4 Å². The fraction of sp³-hybridized carbons (Fsp3) is 0.412. The first-order valence-corrected chi connectivity index (χ1v) is 6.77. The topological polar surface area (TPSA) is 43.4 Å². The fourth-order valence-corrected chi connectivity index (χ4v) is 1.88. The molecule has 0 saturated heterocycles. The van der Waals surface area contributed by atoms with E-state index in [1.807, 2.05) is 44.2 Å². The molecule has 1 aromatic rings. The van der Waals surface area contributed by atoms with Gasteiger partial charge in [0.15, 0.2) is 0 Å². The van der Waals surface area contributed by atoms with Crippen molar-refractivity contribution >= 4 is 11.8 Å². The normalized spacial score (nSPS) is 11.8. The van der Waals surface area contributed by atoms with Crippen LogP contribution in [0.2, 0.25) is 0 Å². The van der Waals surface area contributed by atoms with Crippen LogP contribution in [0, 0.1) is 11.3 Å². The van der Waals surface area contributed by atoms with Gasteiger partial charge in [0.1, 0.15) is 12.4 Å². The standard InChI is InChI=1S/C17H22O3/c1-13(2)16(19)17(3,4)11-10-15(18)20-12-14-8-6-5-7-9-14/h5-11,13H,12H2,1-4H3/b11-10+. The summed E-state index contributed by atoms with van der Waals surface area (Å²) >= 11 is 0. The maximum absolute atomic E-state index is 12.0. The molecule has 0 radical (unpaired) electrons. The van der Waals surface area contributed by atoms with Crippen molar-refractivity contribution in [2.45, 2.75) is 34.3 Å². The molecule has 0 aliphatic rings. The zero-order valence-corrected chi connectivity index (χ0v) is 12.6. The summed E-state index contributed by atoms with van der Waals surface area (Å²) in [6.07, 6.45) is 2.95. The van der Waals surface area contributed by atoms with Gasteiger partial charge in [-0.15, -0.1) is 0 Å². The number of rotatable bonds is 6. The largest absolute Gasteiger partial charge is 0.458 e. The van der Waals surface area contributed by atoms with Gasteiger partial charge in [0.2, 0.25) is 0 Å². The lowest BCUT2D eigenvalue weighted by molar-refractivity contribution is -0.139. The summed E-state index contributed by atoms with van der Waals surface area (Å²) in [4.78, 5) is 23.6. The van der Waals surface area contributed by atoms with E-state index in [0.717, 1.165) is 5.56 Å². The van der Waals surface area contributed by atoms with Gasteiger partial charge < -0.3 is 4.74 Å². The van der Waals surface area contributed by atoms with E-state index in [1.54, 1.807) is 19.9 Å². The van der Waals surface area contributed by atoms with Gasteiger partial charge in [-0.1, -0.05) is 50.3 Å². The van der Waals surface area contributed by atoms with Gasteiger partial charge in [-0.25, -0.2) is 4.79 Å². The number of allylic oxidation sites excluding steroid dienone is 1. The predicted molar refractivity (Wildman–Crippen MR) is 79.0 cm³/mol. The smallest absolute Gasteiger partial charge is 0.330 e. The van der Waals surface area contributed by atoms with Crippen LogP contribution < -0.4 is 0 Å². The Morgan fingerprint density at radius 2 is 1.80 bits per heavy atom. The highest BCUT2D eigenvalue weighted by molar-refractivity contribution is 5.89. The van der Waals surface area contributed by atoms with E-state index in [2.05, 4.69) is 0 Å². The number of ether oxygens (including phenoxy) is 1. The molecule has 0 aromatic heterocycles. The molecule has 0 N–H and O–H groups in total. The number of benzene rings is 1. The molecule has 1 rings (SSSR count). The van der Waals surface area contributed by atoms with E-state index in [4.69, 9.17) is 4.74 Å². The molecule has 0 aliphatic heterocycles. The molecule has 0 saturated carbocycles. The first kappa shape index (κ1) is 16.2. The molecule has 1 aromatic carbocycles. The highest BCUT2D eigenvalue weighted by Gasteiger charge is 2.26. The number of hydrogen-bond donors (Lipinski definition) is 0. The van der Waals surface area contributed by atoms with Crippen molar-refractivity contribution < 1.29 is 14.3 Å². The molecule has 3 nitrogen and oxygen atoms in total. The van der Waals surface area contributed by atoms with Crippen molar-refractivity contribution in [1.82, 2.24) is 0 Å². The second kappa shape index (κ2) is 7.04. The highest BCUT2D eigenvalue weighted by Crippen LogP contribution is 2.22. The van der Waals surface area contributed by atoms with Gasteiger partial charge in [0.25, 0.3) is 0 Å². The zero-order chi connectivity index (χ0) is 15.2. The van der Waals surface area contributed by atoms with Crippen molar-refractivity contribution in [3.05, 3.63) is 48.0 Å². The molecule has 0 amide bonds. The monoisotopic (exact) mass is 274 g/mol. The van der Waals surface area contributed by atoms with E-state index in [-0.39, 0.29) is 18.3 Å². The minimum atomic E-state index is -0.653. The molecule has 108 valence electrons. The molecule has 0 unspecified atom stereocenters. The summed E-state index contributed by atoms with van der Waals surface area (Å²) in [5.74, 6) is -0.391. The Balaban J connectivity index is 2.53. The Labute approximate surface area is 120 Å². The average molecular weight is 274 g/mol. The second-order valence-electron chi connectivity index (χ2n) is 5.67. The van der Waals surface area contributed by atoms with Crippen molar-refractivity contribution in [3.63, 3.8) is 0 Å². The fourth-order valence-electron chi connectivity index (χ4n) is 1.88. The van der Waals surface area contributed by atoms with Crippen LogP contribution in [0.15, 0.2) is 42.5 Å². The van der Waals surface area contributed by atoms with Crippen LogP contribution in [0.4, 0.5) is 0 Å². The van der Waals surface area contributed by atoms with Crippen LogP contribution >= 0.6 is 0 Å². The minimum absolute atomic E-state index is 0.0602. The van der Waals surface area contributed by atoms with Crippen molar-refractivity contribution in [2.24, 2.45) is 11.3 Å². The molecular formula is C17H22O3. The minimum Gasteiger partial charge on any atom is -0.458 e. The number of carbonyl (C=O) groups is 2. The quantitative estimate of drug-likeness (QED) is 0.588. The first-order chi connectivity index (χ1) is 9.33. The molecule has 20 heavy (non-hydrogen) atoms. The zero-order valence-electron chi connectivity index (χ0n) is 12.6. The lowest BCUT2D eigenvalue weighted by Gasteiger charge is -2.20. The lowest BCUT2D eigenvalue weighted by Crippen LogP contribution is -2.26. The maximum atomic E-state index is 12.0. The molecule has 0 aliphatic carbocycles. The highest BCUT2D eigenvalue weighted by atomic mass is 16.5. The second-order valence-corrected chi connectivity index (χ2v) is 5.67. The van der Waals surface area contributed by atoms with E-state index in [9.17, 15) is 9.59 Å². The van der Waals surface area contributed by atoms with E-state index in [0.29, 0.717) is 0 Å². The number of hydrogen-bond acceptors (Lipinski definition) is 3. The Bertz CT molecular complexity index is 484. The number of ketones is 1. The number of Topliss-reactive ketones (excluding diaryl/α,β-unsaturated/α-hetero) is 1. The summed E-state index contributed by atoms with van der Waals surface area (Å²) in [6.45, 7) is 7.55. The molecule has 0 fully saturated rings. The molecule has 0 heterocycles. The Morgan fingerprint density at radius 1 is 1.20 bits per heavy atom. The first-order valence-electron chi connectivity index (χ1n) is 6.77.